The Labute approximate surface area is 126 Å². The van der Waals surface area contributed by atoms with Crippen LogP contribution in [0.25, 0.3) is 0 Å². The summed E-state index contributed by atoms with van der Waals surface area (Å²) in [5.41, 5.74) is 2.13. The molecule has 0 saturated heterocycles. The molecule has 0 radical (unpaired) electrons. The first-order valence-electron chi connectivity index (χ1n) is 5.86. The van der Waals surface area contributed by atoms with Crippen LogP contribution in [0.1, 0.15) is 5.69 Å². The molecular formula is C13H16BrClN4. The number of nitrogens with zero attached hydrogens (tertiary/aromatic N) is 3. The fraction of sp³-hybridized carbons (Fsp3) is 0.308. The van der Waals surface area contributed by atoms with E-state index in [4.69, 9.17) is 11.6 Å². The zero-order valence-corrected chi connectivity index (χ0v) is 13.5. The number of nitrogens with one attached hydrogen (secondary N) is 1. The Bertz CT molecular complexity index is 580. The van der Waals surface area contributed by atoms with Crippen molar-refractivity contribution in [3.63, 3.8) is 0 Å². The van der Waals surface area contributed by atoms with Gasteiger partial charge in [-0.25, -0.2) is 4.98 Å². The second kappa shape index (κ2) is 5.84. The Morgan fingerprint density at radius 3 is 2.74 bits per heavy atom. The van der Waals surface area contributed by atoms with Crippen molar-refractivity contribution in [3.05, 3.63) is 39.6 Å². The van der Waals surface area contributed by atoms with Gasteiger partial charge < -0.3 is 14.8 Å². The quantitative estimate of drug-likeness (QED) is 0.922. The summed E-state index contributed by atoms with van der Waals surface area (Å²) in [6, 6.07) is 5.69. The van der Waals surface area contributed by atoms with Crippen LogP contribution in [0.2, 0.25) is 5.02 Å². The van der Waals surface area contributed by atoms with Gasteiger partial charge in [-0.15, -0.1) is 0 Å². The largest absolute Gasteiger partial charge is 0.378 e. The lowest BCUT2D eigenvalue weighted by Gasteiger charge is -2.13. The molecule has 1 aromatic carbocycles. The Morgan fingerprint density at radius 2 is 2.16 bits per heavy atom. The highest BCUT2D eigenvalue weighted by atomic mass is 79.9. The molecule has 1 aromatic heterocycles. The number of benzene rings is 1. The van der Waals surface area contributed by atoms with Crippen LogP contribution in [-0.2, 0) is 13.6 Å². The van der Waals surface area contributed by atoms with E-state index < -0.39 is 0 Å². The van der Waals surface area contributed by atoms with Crippen LogP contribution < -0.4 is 10.2 Å². The van der Waals surface area contributed by atoms with Gasteiger partial charge in [0, 0.05) is 36.3 Å². The van der Waals surface area contributed by atoms with Crippen LogP contribution in [0.3, 0.4) is 0 Å². The highest BCUT2D eigenvalue weighted by Gasteiger charge is 2.08. The van der Waals surface area contributed by atoms with Crippen molar-refractivity contribution in [3.8, 4) is 0 Å². The number of halogens is 2. The molecule has 1 heterocycles. The molecule has 102 valence electrons. The molecule has 0 aliphatic carbocycles. The van der Waals surface area contributed by atoms with Crippen molar-refractivity contribution in [2.24, 2.45) is 7.05 Å². The zero-order valence-electron chi connectivity index (χ0n) is 11.1. The summed E-state index contributed by atoms with van der Waals surface area (Å²) in [7, 11) is 5.97. The summed E-state index contributed by atoms with van der Waals surface area (Å²) >= 11 is 9.41. The van der Waals surface area contributed by atoms with Gasteiger partial charge in [-0.3, -0.25) is 0 Å². The highest BCUT2D eigenvalue weighted by molar-refractivity contribution is 9.10. The zero-order chi connectivity index (χ0) is 14.0. The Hall–Kier alpha value is -1.20. The van der Waals surface area contributed by atoms with Gasteiger partial charge in [-0.05, 0) is 34.1 Å². The van der Waals surface area contributed by atoms with E-state index >= 15 is 0 Å². The fourth-order valence-electron chi connectivity index (χ4n) is 1.83. The summed E-state index contributed by atoms with van der Waals surface area (Å²) in [5, 5.41) is 4.08. The third-order valence-electron chi connectivity index (χ3n) is 2.85. The van der Waals surface area contributed by atoms with Crippen LogP contribution in [0, 0.1) is 0 Å². The predicted molar refractivity (Wildman–Crippen MR) is 84.0 cm³/mol. The number of imidazole rings is 1. The Kier molecular flexibility index (Phi) is 4.37. The number of hydrogen-bond acceptors (Lipinski definition) is 3. The molecule has 19 heavy (non-hydrogen) atoms. The maximum Gasteiger partial charge on any atom is 0.204 e. The van der Waals surface area contributed by atoms with Crippen LogP contribution in [0.15, 0.2) is 28.9 Å². The van der Waals surface area contributed by atoms with Crippen molar-refractivity contribution < 1.29 is 0 Å². The topological polar surface area (TPSA) is 33.1 Å². The molecule has 4 nitrogen and oxygen atoms in total. The standard InChI is InChI=1S/C13H16BrClN4/c1-18(2)13-17-8-10(19(13)3)7-16-12-5-4-9(15)6-11(12)14/h4-6,8,16H,7H2,1-3H3. The van der Waals surface area contributed by atoms with Crippen molar-refractivity contribution in [1.82, 2.24) is 9.55 Å². The maximum atomic E-state index is 5.92. The van der Waals surface area contributed by atoms with Gasteiger partial charge in [-0.2, -0.15) is 0 Å². The number of rotatable bonds is 4. The molecule has 2 aromatic rings. The molecule has 0 aliphatic rings. The Balaban J connectivity index is 2.10. The average Bonchev–Trinajstić information content (AvgIpc) is 2.70. The van der Waals surface area contributed by atoms with Gasteiger partial charge in [0.1, 0.15) is 0 Å². The molecule has 0 unspecified atom stereocenters. The molecule has 0 spiro atoms. The lowest BCUT2D eigenvalue weighted by atomic mass is 10.3. The van der Waals surface area contributed by atoms with Gasteiger partial charge in [0.25, 0.3) is 0 Å². The van der Waals surface area contributed by atoms with Crippen molar-refractivity contribution >= 4 is 39.2 Å². The fourth-order valence-corrected chi connectivity index (χ4v) is 2.66. The van der Waals surface area contributed by atoms with Crippen molar-refractivity contribution in [2.45, 2.75) is 6.54 Å². The minimum absolute atomic E-state index is 0.706. The normalized spacial score (nSPS) is 10.6. The van der Waals surface area contributed by atoms with Gasteiger partial charge in [0.05, 0.1) is 18.4 Å². The summed E-state index contributed by atoms with van der Waals surface area (Å²) in [4.78, 5) is 6.37. The van der Waals surface area contributed by atoms with Crippen LogP contribution in [0.5, 0.6) is 0 Å². The molecule has 1 N–H and O–H groups in total. The predicted octanol–water partition coefficient (Wildman–Crippen LogP) is 3.51. The van der Waals surface area contributed by atoms with E-state index in [1.54, 1.807) is 0 Å². The van der Waals surface area contributed by atoms with E-state index in [2.05, 4.69) is 30.8 Å². The highest BCUT2D eigenvalue weighted by Crippen LogP contribution is 2.26. The van der Waals surface area contributed by atoms with E-state index in [1.165, 1.54) is 0 Å². The molecule has 6 heteroatoms. The first-order chi connectivity index (χ1) is 8.99. The van der Waals surface area contributed by atoms with Crippen LogP contribution in [-0.4, -0.2) is 23.6 Å². The molecule has 0 fully saturated rings. The van der Waals surface area contributed by atoms with Gasteiger partial charge >= 0.3 is 0 Å². The molecule has 0 aliphatic heterocycles. The van der Waals surface area contributed by atoms with Gasteiger partial charge in [0.15, 0.2) is 0 Å². The lowest BCUT2D eigenvalue weighted by molar-refractivity contribution is 0.814. The van der Waals surface area contributed by atoms with E-state index in [1.807, 2.05) is 50.4 Å². The number of hydrogen-bond donors (Lipinski definition) is 1. The molecule has 2 rings (SSSR count). The van der Waals surface area contributed by atoms with Crippen LogP contribution in [0.4, 0.5) is 11.6 Å². The second-order valence-corrected chi connectivity index (χ2v) is 5.77. The first kappa shape index (κ1) is 14.2. The monoisotopic (exact) mass is 342 g/mol. The van der Waals surface area contributed by atoms with E-state index in [0.29, 0.717) is 11.6 Å². The molecule has 0 saturated carbocycles. The molecule has 0 atom stereocenters. The number of aromatic nitrogens is 2. The molecule has 0 amide bonds. The minimum Gasteiger partial charge on any atom is -0.378 e. The number of anilines is 2. The average molecular weight is 344 g/mol. The second-order valence-electron chi connectivity index (χ2n) is 4.48. The Morgan fingerprint density at radius 1 is 1.42 bits per heavy atom. The smallest absolute Gasteiger partial charge is 0.204 e. The maximum absolute atomic E-state index is 5.92. The van der Waals surface area contributed by atoms with Crippen molar-refractivity contribution in [2.75, 3.05) is 24.3 Å². The molecule has 0 bridgehead atoms. The van der Waals surface area contributed by atoms with Crippen molar-refractivity contribution in [1.29, 1.82) is 0 Å². The third-order valence-corrected chi connectivity index (χ3v) is 3.74. The van der Waals surface area contributed by atoms with E-state index in [-0.39, 0.29) is 0 Å². The summed E-state index contributed by atoms with van der Waals surface area (Å²) in [6.07, 6.45) is 1.88. The third kappa shape index (κ3) is 3.22. The summed E-state index contributed by atoms with van der Waals surface area (Å²) in [6.45, 7) is 0.706. The van der Waals surface area contributed by atoms with Crippen LogP contribution >= 0.6 is 27.5 Å². The lowest BCUT2D eigenvalue weighted by Crippen LogP contribution is -2.15. The summed E-state index contributed by atoms with van der Waals surface area (Å²) < 4.78 is 3.02. The minimum atomic E-state index is 0.706. The van der Waals surface area contributed by atoms with Gasteiger partial charge in [0.2, 0.25) is 5.95 Å². The molecular weight excluding hydrogens is 328 g/mol. The first-order valence-corrected chi connectivity index (χ1v) is 7.03. The van der Waals surface area contributed by atoms with Gasteiger partial charge in [-0.1, -0.05) is 11.6 Å². The van der Waals surface area contributed by atoms with E-state index in [9.17, 15) is 0 Å². The van der Waals surface area contributed by atoms with E-state index in [0.717, 1.165) is 21.8 Å². The SMILES string of the molecule is CN(C)c1ncc(CNc2ccc(Cl)cc2Br)n1C. The summed E-state index contributed by atoms with van der Waals surface area (Å²) in [5.74, 6) is 0.937.